The van der Waals surface area contributed by atoms with Crippen LogP contribution in [0.4, 0.5) is 4.39 Å². The summed E-state index contributed by atoms with van der Waals surface area (Å²) in [5.41, 5.74) is 0.320. The molecule has 4 unspecified atom stereocenters. The number of carbonyl (C=O) groups excluding carboxylic acids is 4. The first kappa shape index (κ1) is 29.3. The zero-order valence-electron chi connectivity index (χ0n) is 22.0. The van der Waals surface area contributed by atoms with Gasteiger partial charge in [-0.25, -0.2) is 14.2 Å². The average molecular weight is 547 g/mol. The van der Waals surface area contributed by atoms with Crippen molar-refractivity contribution in [2.75, 3.05) is 13.7 Å². The summed E-state index contributed by atoms with van der Waals surface area (Å²) in [5, 5.41) is 12.6. The van der Waals surface area contributed by atoms with Crippen molar-refractivity contribution < 1.29 is 47.6 Å². The largest absolute Gasteiger partial charge is 0.503 e. The van der Waals surface area contributed by atoms with Crippen molar-refractivity contribution in [1.29, 1.82) is 0 Å². The van der Waals surface area contributed by atoms with Crippen molar-refractivity contribution in [3.05, 3.63) is 53.6 Å². The Morgan fingerprint density at radius 1 is 1.18 bits per heavy atom. The molecule has 3 rings (SSSR count). The number of aromatic nitrogens is 1. The Morgan fingerprint density at radius 3 is 2.51 bits per heavy atom. The minimum Gasteiger partial charge on any atom is -0.503 e. The maximum atomic E-state index is 13.3. The van der Waals surface area contributed by atoms with E-state index < -0.39 is 77.8 Å². The summed E-state index contributed by atoms with van der Waals surface area (Å²) in [5.74, 6) is -5.77. The van der Waals surface area contributed by atoms with Gasteiger partial charge < -0.3 is 29.4 Å². The number of aromatic hydroxyl groups is 1. The van der Waals surface area contributed by atoms with Gasteiger partial charge in [0.05, 0.1) is 18.9 Å². The lowest BCUT2D eigenvalue weighted by atomic mass is 9.91. The molecule has 2 heterocycles. The molecule has 2 aromatic rings. The number of amides is 1. The van der Waals surface area contributed by atoms with E-state index >= 15 is 0 Å². The smallest absolute Gasteiger partial charge is 0.332 e. The van der Waals surface area contributed by atoms with E-state index in [2.05, 4.69) is 10.3 Å². The number of aryl methyl sites for hydroxylation is 1. The summed E-state index contributed by atoms with van der Waals surface area (Å²) in [7, 11) is 1.29. The van der Waals surface area contributed by atoms with Crippen LogP contribution in [0.3, 0.4) is 0 Å². The molecule has 0 spiro atoms. The Balaban J connectivity index is 1.84. The van der Waals surface area contributed by atoms with E-state index in [9.17, 15) is 28.7 Å². The number of cyclic esters (lactones) is 2. The number of hydrogen-bond donors (Lipinski definition) is 2. The number of nitrogens with zero attached hydrogens (tertiary/aromatic N) is 1. The first-order chi connectivity index (χ1) is 18.5. The first-order valence-corrected chi connectivity index (χ1v) is 12.4. The van der Waals surface area contributed by atoms with Crippen LogP contribution in [0.1, 0.15) is 43.2 Å². The van der Waals surface area contributed by atoms with Gasteiger partial charge in [0.2, 0.25) is 0 Å². The monoisotopic (exact) mass is 546 g/mol. The molecule has 0 saturated carbocycles. The minimum absolute atomic E-state index is 0.00829. The molecule has 1 aromatic carbocycles. The molecule has 39 heavy (non-hydrogen) atoms. The molecule has 1 amide bonds. The van der Waals surface area contributed by atoms with Crippen molar-refractivity contribution in [3.8, 4) is 11.5 Å². The van der Waals surface area contributed by atoms with Crippen LogP contribution < -0.4 is 10.1 Å². The number of pyridine rings is 1. The first-order valence-electron chi connectivity index (χ1n) is 12.4. The Labute approximate surface area is 224 Å². The standard InChI is InChI=1S/C27H31FN2O9/c1-14(2)25(33)39-23-15(3)38-27(35)19(30-24(32)21-22(31)20(36-4)11-12-29-21)13-37-26(34)18(23)10-7-16-5-8-17(28)9-6-16/h5-6,8-9,11-12,14-15,18-19,23,31H,7,10,13H2,1-4H3,(H,30,32). The molecule has 1 aromatic heterocycles. The maximum absolute atomic E-state index is 13.3. The van der Waals surface area contributed by atoms with Crippen LogP contribution in [0, 0.1) is 17.7 Å². The fourth-order valence-electron chi connectivity index (χ4n) is 3.93. The number of esters is 3. The van der Waals surface area contributed by atoms with Gasteiger partial charge in [0.15, 0.2) is 29.3 Å². The number of benzene rings is 1. The fourth-order valence-corrected chi connectivity index (χ4v) is 3.93. The van der Waals surface area contributed by atoms with Crippen LogP contribution in [-0.4, -0.2) is 65.9 Å². The van der Waals surface area contributed by atoms with E-state index in [1.807, 2.05) is 0 Å². The molecule has 0 aliphatic carbocycles. The van der Waals surface area contributed by atoms with E-state index in [0.717, 1.165) is 5.56 Å². The quantitative estimate of drug-likeness (QED) is 0.373. The van der Waals surface area contributed by atoms with Gasteiger partial charge in [-0.2, -0.15) is 0 Å². The summed E-state index contributed by atoms with van der Waals surface area (Å²) >= 11 is 0. The molecule has 2 N–H and O–H groups in total. The van der Waals surface area contributed by atoms with Crippen molar-refractivity contribution in [2.45, 2.75) is 51.9 Å². The van der Waals surface area contributed by atoms with E-state index in [0.29, 0.717) is 6.42 Å². The minimum atomic E-state index is -1.45. The predicted molar refractivity (Wildman–Crippen MR) is 133 cm³/mol. The number of rotatable bonds is 8. The summed E-state index contributed by atoms with van der Waals surface area (Å²) in [4.78, 5) is 55.3. The molecule has 1 saturated heterocycles. The SMILES string of the molecule is COc1ccnc(C(=O)NC2COC(=O)C(CCc3ccc(F)cc3)C(OC(=O)C(C)C)C(C)OC2=O)c1O. The van der Waals surface area contributed by atoms with Gasteiger partial charge >= 0.3 is 17.9 Å². The predicted octanol–water partition coefficient (Wildman–Crippen LogP) is 2.34. The zero-order valence-corrected chi connectivity index (χ0v) is 22.0. The normalized spacial score (nSPS) is 21.6. The second kappa shape index (κ2) is 13.0. The maximum Gasteiger partial charge on any atom is 0.332 e. The second-order valence-corrected chi connectivity index (χ2v) is 9.34. The molecule has 1 aliphatic heterocycles. The van der Waals surface area contributed by atoms with Gasteiger partial charge in [-0.1, -0.05) is 26.0 Å². The highest BCUT2D eigenvalue weighted by Crippen LogP contribution is 2.28. The lowest BCUT2D eigenvalue weighted by Gasteiger charge is -2.29. The zero-order chi connectivity index (χ0) is 28.7. The number of methoxy groups -OCH3 is 1. The Hall–Kier alpha value is -4.22. The Kier molecular flexibility index (Phi) is 9.80. The number of nitrogens with one attached hydrogen (secondary N) is 1. The van der Waals surface area contributed by atoms with Crippen molar-refractivity contribution in [2.24, 2.45) is 11.8 Å². The van der Waals surface area contributed by atoms with Crippen molar-refractivity contribution in [1.82, 2.24) is 10.3 Å². The van der Waals surface area contributed by atoms with Crippen molar-refractivity contribution >= 4 is 23.8 Å². The van der Waals surface area contributed by atoms with Crippen LogP contribution in [0.25, 0.3) is 0 Å². The number of carbonyl (C=O) groups is 4. The van der Waals surface area contributed by atoms with Crippen LogP contribution in [-0.2, 0) is 35.0 Å². The molecule has 210 valence electrons. The molecule has 0 radical (unpaired) electrons. The third kappa shape index (κ3) is 7.43. The van der Waals surface area contributed by atoms with Gasteiger partial charge in [-0.3, -0.25) is 14.4 Å². The average Bonchev–Trinajstić information content (AvgIpc) is 2.93. The molecular formula is C27H31FN2O9. The van der Waals surface area contributed by atoms with E-state index in [-0.39, 0.29) is 12.2 Å². The molecular weight excluding hydrogens is 515 g/mol. The van der Waals surface area contributed by atoms with Gasteiger partial charge in [-0.05, 0) is 37.5 Å². The van der Waals surface area contributed by atoms with Crippen LogP contribution >= 0.6 is 0 Å². The lowest BCUT2D eigenvalue weighted by molar-refractivity contribution is -0.176. The molecule has 12 heteroatoms. The summed E-state index contributed by atoms with van der Waals surface area (Å²) in [6.07, 6.45) is -0.586. The van der Waals surface area contributed by atoms with Crippen LogP contribution in [0.2, 0.25) is 0 Å². The van der Waals surface area contributed by atoms with Gasteiger partial charge in [-0.15, -0.1) is 0 Å². The van der Waals surface area contributed by atoms with Gasteiger partial charge in [0.1, 0.15) is 18.5 Å². The Morgan fingerprint density at radius 2 is 1.87 bits per heavy atom. The van der Waals surface area contributed by atoms with E-state index in [4.69, 9.17) is 18.9 Å². The van der Waals surface area contributed by atoms with E-state index in [1.54, 1.807) is 26.0 Å². The van der Waals surface area contributed by atoms with Crippen molar-refractivity contribution in [3.63, 3.8) is 0 Å². The van der Waals surface area contributed by atoms with Gasteiger partial charge in [0.25, 0.3) is 5.91 Å². The molecule has 0 bridgehead atoms. The molecule has 1 aliphatic rings. The van der Waals surface area contributed by atoms with Crippen LogP contribution in [0.15, 0.2) is 36.5 Å². The highest BCUT2D eigenvalue weighted by molar-refractivity contribution is 5.98. The summed E-state index contributed by atoms with van der Waals surface area (Å²) < 4.78 is 34.8. The lowest BCUT2D eigenvalue weighted by Crippen LogP contribution is -2.46. The molecule has 11 nitrogen and oxygen atoms in total. The van der Waals surface area contributed by atoms with E-state index in [1.165, 1.54) is 38.4 Å². The Bertz CT molecular complexity index is 1200. The summed E-state index contributed by atoms with van der Waals surface area (Å²) in [6.45, 7) is 4.12. The second-order valence-electron chi connectivity index (χ2n) is 9.34. The third-order valence-electron chi connectivity index (χ3n) is 6.15. The van der Waals surface area contributed by atoms with Gasteiger partial charge in [0, 0.05) is 12.3 Å². The van der Waals surface area contributed by atoms with Crippen LogP contribution in [0.5, 0.6) is 11.5 Å². The number of ether oxygens (including phenoxy) is 4. The highest BCUT2D eigenvalue weighted by atomic mass is 19.1. The fraction of sp³-hybridized carbons (Fsp3) is 0.444. The summed E-state index contributed by atoms with van der Waals surface area (Å²) in [6, 6.07) is 5.62. The third-order valence-corrected chi connectivity index (χ3v) is 6.15. The molecule has 4 atom stereocenters. The highest BCUT2D eigenvalue weighted by Gasteiger charge is 2.42. The topological polar surface area (TPSA) is 150 Å². The number of hydrogen-bond acceptors (Lipinski definition) is 10. The number of halogens is 1. The molecule has 1 fully saturated rings.